The average molecular weight is 434 g/mol. The molecule has 0 amide bonds. The molecule has 0 bridgehead atoms. The Hall–Kier alpha value is -2.67. The predicted molar refractivity (Wildman–Crippen MR) is 103 cm³/mol. The van der Waals surface area contributed by atoms with Gasteiger partial charge in [-0.2, -0.15) is 0 Å². The first-order valence-corrected chi connectivity index (χ1v) is 9.09. The van der Waals surface area contributed by atoms with Gasteiger partial charge in [0.25, 0.3) is 0 Å². The first kappa shape index (κ1) is 19.1. The van der Waals surface area contributed by atoms with Gasteiger partial charge in [-0.05, 0) is 71.2 Å². The van der Waals surface area contributed by atoms with Crippen molar-refractivity contribution in [2.75, 3.05) is 6.61 Å². The molecule has 27 heavy (non-hydrogen) atoms. The fourth-order valence-corrected chi connectivity index (χ4v) is 3.07. The first-order valence-electron chi connectivity index (χ1n) is 8.29. The van der Waals surface area contributed by atoms with Gasteiger partial charge in [0, 0.05) is 0 Å². The fraction of sp³-hybridized carbons (Fsp3) is 0.200. The van der Waals surface area contributed by atoms with Crippen molar-refractivity contribution in [1.82, 2.24) is 0 Å². The molecule has 0 spiro atoms. The first-order chi connectivity index (χ1) is 13.0. The minimum absolute atomic E-state index is 0.261. The monoisotopic (exact) mass is 433 g/mol. The third kappa shape index (κ3) is 4.54. The van der Waals surface area contributed by atoms with Crippen molar-refractivity contribution < 1.29 is 23.5 Å². The Balaban J connectivity index is 1.88. The van der Waals surface area contributed by atoms with Crippen molar-refractivity contribution >= 4 is 33.7 Å². The topological polar surface area (TPSA) is 57.1 Å². The lowest BCUT2D eigenvalue weighted by Crippen LogP contribution is -2.03. The number of benzene rings is 2. The quantitative estimate of drug-likeness (QED) is 0.480. The zero-order valence-corrected chi connectivity index (χ0v) is 16.4. The van der Waals surface area contributed by atoms with Crippen LogP contribution in [-0.4, -0.2) is 18.3 Å². The van der Waals surface area contributed by atoms with Gasteiger partial charge in [-0.15, -0.1) is 0 Å². The number of halogens is 2. The van der Waals surface area contributed by atoms with Crippen LogP contribution in [0.3, 0.4) is 0 Å². The van der Waals surface area contributed by atoms with Crippen molar-refractivity contribution in [1.29, 1.82) is 0 Å². The smallest absolute Gasteiger partial charge is 0.367 e. The lowest BCUT2D eigenvalue weighted by Gasteiger charge is -2.15. The lowest BCUT2D eigenvalue weighted by molar-refractivity contribution is -0.136. The van der Waals surface area contributed by atoms with Gasteiger partial charge in [0.05, 0.1) is 22.4 Å². The van der Waals surface area contributed by atoms with Crippen molar-refractivity contribution in [3.8, 4) is 11.5 Å². The van der Waals surface area contributed by atoms with E-state index >= 15 is 0 Å². The summed E-state index contributed by atoms with van der Waals surface area (Å²) in [5, 5.41) is 3.67. The van der Waals surface area contributed by atoms with Gasteiger partial charge in [-0.3, -0.25) is 0 Å². The second-order valence-corrected chi connectivity index (χ2v) is 6.65. The number of hydrogen-bond donors (Lipinski definition) is 0. The van der Waals surface area contributed by atoms with E-state index in [1.165, 1.54) is 12.1 Å². The number of ether oxygens (including phenoxy) is 2. The maximum absolute atomic E-state index is 13.0. The number of carbonyl (C=O) groups is 1. The van der Waals surface area contributed by atoms with Crippen LogP contribution in [0, 0.1) is 5.82 Å². The number of carbonyl (C=O) groups excluding carboxylic acids is 1. The van der Waals surface area contributed by atoms with E-state index < -0.39 is 5.97 Å². The lowest BCUT2D eigenvalue weighted by atomic mass is 10.1. The van der Waals surface area contributed by atoms with Crippen LogP contribution in [-0.2, 0) is 16.2 Å². The minimum atomic E-state index is -0.488. The molecule has 2 aromatic carbocycles. The molecule has 1 heterocycles. The molecule has 0 N–H and O–H groups in total. The van der Waals surface area contributed by atoms with Crippen molar-refractivity contribution in [3.63, 3.8) is 0 Å². The summed E-state index contributed by atoms with van der Waals surface area (Å²) in [4.78, 5) is 16.4. The van der Waals surface area contributed by atoms with Gasteiger partial charge >= 0.3 is 5.97 Å². The Bertz CT molecular complexity index is 922. The maximum Gasteiger partial charge on any atom is 0.367 e. The highest BCUT2D eigenvalue weighted by Crippen LogP contribution is 2.38. The molecule has 0 atom stereocenters. The molecule has 0 aromatic heterocycles. The summed E-state index contributed by atoms with van der Waals surface area (Å²) in [6.07, 6.45) is 1.69. The van der Waals surface area contributed by atoms with Gasteiger partial charge in [-0.25, -0.2) is 9.18 Å². The molecule has 0 unspecified atom stereocenters. The summed E-state index contributed by atoms with van der Waals surface area (Å²) in [5.74, 6) is 0.277. The van der Waals surface area contributed by atoms with E-state index in [0.717, 1.165) is 11.1 Å². The number of hydrogen-bond acceptors (Lipinski definition) is 5. The van der Waals surface area contributed by atoms with Gasteiger partial charge in [0.15, 0.2) is 11.5 Å². The van der Waals surface area contributed by atoms with E-state index in [1.807, 2.05) is 13.0 Å². The molecule has 0 radical (unpaired) electrons. The Morgan fingerprint density at radius 3 is 2.59 bits per heavy atom. The van der Waals surface area contributed by atoms with Crippen LogP contribution in [0.4, 0.5) is 4.39 Å². The summed E-state index contributed by atoms with van der Waals surface area (Å²) in [7, 11) is 0. The van der Waals surface area contributed by atoms with Gasteiger partial charge < -0.3 is 14.3 Å². The van der Waals surface area contributed by atoms with Crippen LogP contribution in [0.1, 0.15) is 25.0 Å². The van der Waals surface area contributed by atoms with Gasteiger partial charge in [-0.1, -0.05) is 17.3 Å². The molecule has 140 valence electrons. The van der Waals surface area contributed by atoms with Crippen LogP contribution in [0.25, 0.3) is 6.08 Å². The van der Waals surface area contributed by atoms with E-state index in [1.54, 1.807) is 31.2 Å². The molecule has 0 aliphatic carbocycles. The van der Waals surface area contributed by atoms with Gasteiger partial charge in [0.1, 0.15) is 12.4 Å². The molecular weight excluding hydrogens is 417 g/mol. The molecule has 3 rings (SSSR count). The minimum Gasteiger partial charge on any atom is -0.490 e. The van der Waals surface area contributed by atoms with Crippen LogP contribution in [0.15, 0.2) is 51.6 Å². The Morgan fingerprint density at radius 1 is 1.22 bits per heavy atom. The average Bonchev–Trinajstić information content (AvgIpc) is 2.95. The number of rotatable bonds is 6. The summed E-state index contributed by atoms with van der Waals surface area (Å²) < 4.78 is 25.3. The predicted octanol–water partition coefficient (Wildman–Crippen LogP) is 4.88. The third-order valence-electron chi connectivity index (χ3n) is 3.81. The van der Waals surface area contributed by atoms with E-state index in [-0.39, 0.29) is 12.4 Å². The molecule has 0 saturated carbocycles. The highest BCUT2D eigenvalue weighted by atomic mass is 79.9. The molecule has 2 aromatic rings. The third-order valence-corrected chi connectivity index (χ3v) is 4.40. The number of nitrogens with zero attached hydrogens (tertiary/aromatic N) is 1. The standard InChI is InChI=1S/C20H17BrFNO4/c1-3-25-18-10-14(8-16-12(2)23-27-20(16)24)9-17(21)19(18)26-11-13-4-6-15(22)7-5-13/h4-10H,3,11H2,1-2H3/b16-8-. The summed E-state index contributed by atoms with van der Waals surface area (Å²) >= 11 is 3.49. The van der Waals surface area contributed by atoms with E-state index in [9.17, 15) is 9.18 Å². The second kappa shape index (κ2) is 8.35. The Kier molecular flexibility index (Phi) is 5.91. The highest BCUT2D eigenvalue weighted by molar-refractivity contribution is 9.10. The van der Waals surface area contributed by atoms with E-state index in [4.69, 9.17) is 9.47 Å². The largest absolute Gasteiger partial charge is 0.490 e. The SMILES string of the molecule is CCOc1cc(/C=C2\C(=O)ON=C2C)cc(Br)c1OCc1ccc(F)cc1. The zero-order chi connectivity index (χ0) is 19.4. The van der Waals surface area contributed by atoms with Gasteiger partial charge in [0.2, 0.25) is 0 Å². The van der Waals surface area contributed by atoms with Crippen molar-refractivity contribution in [3.05, 3.63) is 63.4 Å². The summed E-state index contributed by atoms with van der Waals surface area (Å²) in [6.45, 7) is 4.28. The van der Waals surface area contributed by atoms with Crippen molar-refractivity contribution in [2.45, 2.75) is 20.5 Å². The maximum atomic E-state index is 13.0. The molecule has 1 aliphatic heterocycles. The van der Waals surface area contributed by atoms with E-state index in [2.05, 4.69) is 25.9 Å². The van der Waals surface area contributed by atoms with Crippen LogP contribution < -0.4 is 9.47 Å². The second-order valence-electron chi connectivity index (χ2n) is 5.79. The molecule has 1 aliphatic rings. The summed E-state index contributed by atoms with van der Waals surface area (Å²) in [6, 6.07) is 9.69. The Morgan fingerprint density at radius 2 is 1.96 bits per heavy atom. The number of oxime groups is 1. The molecule has 0 saturated heterocycles. The highest BCUT2D eigenvalue weighted by Gasteiger charge is 2.22. The molecule has 0 fully saturated rings. The van der Waals surface area contributed by atoms with Crippen molar-refractivity contribution in [2.24, 2.45) is 5.16 Å². The zero-order valence-electron chi connectivity index (χ0n) is 14.8. The van der Waals surface area contributed by atoms with Crippen LogP contribution >= 0.6 is 15.9 Å². The Labute approximate surface area is 164 Å². The van der Waals surface area contributed by atoms with Crippen LogP contribution in [0.2, 0.25) is 0 Å². The normalized spacial score (nSPS) is 14.9. The summed E-state index contributed by atoms with van der Waals surface area (Å²) in [5.41, 5.74) is 2.48. The molecular formula is C20H17BrFNO4. The fourth-order valence-electron chi connectivity index (χ4n) is 2.50. The van der Waals surface area contributed by atoms with Crippen LogP contribution in [0.5, 0.6) is 11.5 Å². The van der Waals surface area contributed by atoms with E-state index in [0.29, 0.717) is 33.9 Å². The molecule has 5 nitrogen and oxygen atoms in total. The molecule has 7 heteroatoms.